The molecule has 1 heterocycles. The van der Waals surface area contributed by atoms with Gasteiger partial charge in [-0.1, -0.05) is 18.2 Å². The lowest BCUT2D eigenvalue weighted by Crippen LogP contribution is -2.49. The molecule has 0 spiro atoms. The van der Waals surface area contributed by atoms with Gasteiger partial charge in [0.05, 0.1) is 0 Å². The van der Waals surface area contributed by atoms with Crippen LogP contribution < -0.4 is 10.6 Å². The van der Waals surface area contributed by atoms with Gasteiger partial charge in [0, 0.05) is 46.0 Å². The molecule has 6 heteroatoms. The van der Waals surface area contributed by atoms with E-state index >= 15 is 0 Å². The highest BCUT2D eigenvalue weighted by atomic mass is 16.2. The van der Waals surface area contributed by atoms with Crippen molar-refractivity contribution >= 4 is 17.6 Å². The smallest absolute Gasteiger partial charge is 0.244 e. The van der Waals surface area contributed by atoms with Crippen LogP contribution in [0.4, 0.5) is 5.69 Å². The van der Waals surface area contributed by atoms with E-state index in [0.29, 0.717) is 5.96 Å². The molecule has 0 radical (unpaired) electrons. The molecule has 1 aliphatic heterocycles. The predicted octanol–water partition coefficient (Wildman–Crippen LogP) is 0.212. The lowest BCUT2D eigenvalue weighted by atomic mass is 10.2. The van der Waals surface area contributed by atoms with E-state index in [1.807, 2.05) is 37.2 Å². The van der Waals surface area contributed by atoms with Crippen LogP contribution in [0.3, 0.4) is 0 Å². The summed E-state index contributed by atoms with van der Waals surface area (Å²) < 4.78 is 0. The average Bonchev–Trinajstić information content (AvgIpc) is 2.53. The second-order valence-corrected chi connectivity index (χ2v) is 5.27. The number of anilines is 1. The Balaban J connectivity index is 1.84. The molecule has 0 saturated carbocycles. The van der Waals surface area contributed by atoms with Crippen molar-refractivity contribution in [1.82, 2.24) is 9.80 Å². The van der Waals surface area contributed by atoms with Crippen LogP contribution in [0.25, 0.3) is 0 Å². The largest absolute Gasteiger partial charge is 0.370 e. The van der Waals surface area contributed by atoms with Gasteiger partial charge < -0.3 is 20.4 Å². The van der Waals surface area contributed by atoms with Crippen LogP contribution in [0.2, 0.25) is 0 Å². The second kappa shape index (κ2) is 6.97. The average molecular weight is 289 g/mol. The van der Waals surface area contributed by atoms with E-state index < -0.39 is 0 Å². The molecule has 1 aromatic carbocycles. The minimum absolute atomic E-state index is 0.0347. The van der Waals surface area contributed by atoms with E-state index in [2.05, 4.69) is 22.0 Å². The summed E-state index contributed by atoms with van der Waals surface area (Å²) in [5, 5.41) is 0. The Bertz CT molecular complexity index is 492. The Hall–Kier alpha value is -2.24. The Labute approximate surface area is 125 Å². The molecule has 0 unspecified atom stereocenters. The number of piperazine rings is 1. The molecule has 1 aliphatic rings. The molecule has 21 heavy (non-hydrogen) atoms. The first kappa shape index (κ1) is 15.2. The number of rotatable bonds is 3. The number of carbonyl (C=O) groups excluding carboxylic acids is 1. The highest BCUT2D eigenvalue weighted by Crippen LogP contribution is 2.15. The number of hydrogen-bond acceptors (Lipinski definition) is 3. The third kappa shape index (κ3) is 4.11. The lowest BCUT2D eigenvalue weighted by molar-refractivity contribution is -0.129. The predicted molar refractivity (Wildman–Crippen MR) is 85.4 cm³/mol. The molecular weight excluding hydrogens is 266 g/mol. The van der Waals surface area contributed by atoms with Crippen molar-refractivity contribution in [3.05, 3.63) is 30.3 Å². The highest BCUT2D eigenvalue weighted by molar-refractivity contribution is 5.84. The van der Waals surface area contributed by atoms with E-state index in [-0.39, 0.29) is 12.5 Å². The summed E-state index contributed by atoms with van der Waals surface area (Å²) in [6, 6.07) is 10.3. The van der Waals surface area contributed by atoms with Crippen molar-refractivity contribution in [1.29, 1.82) is 0 Å². The number of nitrogens with two attached hydrogens (primary N) is 1. The first-order valence-electron chi connectivity index (χ1n) is 7.13. The van der Waals surface area contributed by atoms with Gasteiger partial charge in [-0.15, -0.1) is 0 Å². The van der Waals surface area contributed by atoms with Gasteiger partial charge in [0.25, 0.3) is 0 Å². The highest BCUT2D eigenvalue weighted by Gasteiger charge is 2.20. The first-order valence-corrected chi connectivity index (χ1v) is 7.13. The molecule has 6 nitrogen and oxygen atoms in total. The lowest BCUT2D eigenvalue weighted by Gasteiger charge is -2.36. The molecule has 1 amide bonds. The maximum atomic E-state index is 12.1. The number of carbonyl (C=O) groups is 1. The molecule has 0 atom stereocenters. The van der Waals surface area contributed by atoms with Gasteiger partial charge in [-0.25, -0.2) is 4.99 Å². The topological polar surface area (TPSA) is 65.2 Å². The fraction of sp³-hybridized carbons (Fsp3) is 0.467. The summed E-state index contributed by atoms with van der Waals surface area (Å²) >= 11 is 0. The maximum Gasteiger partial charge on any atom is 0.244 e. The molecule has 1 aromatic rings. The van der Waals surface area contributed by atoms with Gasteiger partial charge in [-0.3, -0.25) is 4.79 Å². The third-order valence-corrected chi connectivity index (χ3v) is 3.59. The van der Waals surface area contributed by atoms with Crippen LogP contribution in [0, 0.1) is 0 Å². The first-order chi connectivity index (χ1) is 10.1. The van der Waals surface area contributed by atoms with Gasteiger partial charge in [0.2, 0.25) is 5.91 Å². The SMILES string of the molecule is CN(C)C(N)=NCC(=O)N1CCN(c2ccccc2)CC1. The van der Waals surface area contributed by atoms with Crippen LogP contribution in [0.15, 0.2) is 35.3 Å². The number of nitrogens with zero attached hydrogens (tertiary/aromatic N) is 4. The molecule has 1 fully saturated rings. The summed E-state index contributed by atoms with van der Waals surface area (Å²) in [6.07, 6.45) is 0. The molecule has 0 bridgehead atoms. The fourth-order valence-corrected chi connectivity index (χ4v) is 2.24. The summed E-state index contributed by atoms with van der Waals surface area (Å²) in [5.74, 6) is 0.416. The normalized spacial score (nSPS) is 16.0. The van der Waals surface area contributed by atoms with Crippen LogP contribution in [-0.2, 0) is 4.79 Å². The van der Waals surface area contributed by atoms with Gasteiger partial charge in [0.1, 0.15) is 6.54 Å². The van der Waals surface area contributed by atoms with Gasteiger partial charge in [0.15, 0.2) is 5.96 Å². The molecule has 2 rings (SSSR count). The van der Waals surface area contributed by atoms with Crippen molar-refractivity contribution in [2.75, 3.05) is 51.7 Å². The number of aliphatic imine (C=N–C) groups is 1. The zero-order chi connectivity index (χ0) is 15.2. The summed E-state index contributed by atoms with van der Waals surface area (Å²) in [6.45, 7) is 3.27. The Kier molecular flexibility index (Phi) is 5.03. The molecular formula is C15H23N5O. The summed E-state index contributed by atoms with van der Waals surface area (Å²) in [4.78, 5) is 22.0. The Morgan fingerprint density at radius 2 is 1.81 bits per heavy atom. The molecule has 1 saturated heterocycles. The summed E-state index contributed by atoms with van der Waals surface area (Å²) in [5.41, 5.74) is 6.90. The van der Waals surface area contributed by atoms with Gasteiger partial charge >= 0.3 is 0 Å². The molecule has 114 valence electrons. The van der Waals surface area contributed by atoms with E-state index in [1.165, 1.54) is 5.69 Å². The van der Waals surface area contributed by atoms with Crippen molar-refractivity contribution < 1.29 is 4.79 Å². The zero-order valence-electron chi connectivity index (χ0n) is 12.7. The standard InChI is InChI=1S/C15H23N5O/c1-18(2)15(16)17-12-14(21)20-10-8-19(9-11-20)13-6-4-3-5-7-13/h3-7H,8-12H2,1-2H3,(H2,16,17). The van der Waals surface area contributed by atoms with Crippen molar-refractivity contribution in [3.63, 3.8) is 0 Å². The quantitative estimate of drug-likeness (QED) is 0.638. The third-order valence-electron chi connectivity index (χ3n) is 3.59. The van der Waals surface area contributed by atoms with Crippen LogP contribution in [0.5, 0.6) is 0 Å². The minimum Gasteiger partial charge on any atom is -0.370 e. The number of guanidine groups is 1. The Morgan fingerprint density at radius 1 is 1.19 bits per heavy atom. The number of amides is 1. The molecule has 0 aromatic heterocycles. The minimum atomic E-state index is 0.0347. The number of benzene rings is 1. The molecule has 2 N–H and O–H groups in total. The Morgan fingerprint density at radius 3 is 2.38 bits per heavy atom. The molecule has 0 aliphatic carbocycles. The fourth-order valence-electron chi connectivity index (χ4n) is 2.24. The van der Waals surface area contributed by atoms with Crippen molar-refractivity contribution in [2.24, 2.45) is 10.7 Å². The second-order valence-electron chi connectivity index (χ2n) is 5.27. The monoisotopic (exact) mass is 289 g/mol. The van der Waals surface area contributed by atoms with E-state index in [9.17, 15) is 4.79 Å². The van der Waals surface area contributed by atoms with Crippen LogP contribution >= 0.6 is 0 Å². The van der Waals surface area contributed by atoms with Crippen molar-refractivity contribution in [2.45, 2.75) is 0 Å². The number of hydrogen-bond donors (Lipinski definition) is 1. The van der Waals surface area contributed by atoms with Crippen LogP contribution in [0.1, 0.15) is 0 Å². The van der Waals surface area contributed by atoms with Gasteiger partial charge in [-0.2, -0.15) is 0 Å². The number of para-hydroxylation sites is 1. The van der Waals surface area contributed by atoms with E-state index in [4.69, 9.17) is 5.73 Å². The van der Waals surface area contributed by atoms with Crippen LogP contribution in [-0.4, -0.2) is 68.5 Å². The summed E-state index contributed by atoms with van der Waals surface area (Å²) in [7, 11) is 3.61. The van der Waals surface area contributed by atoms with E-state index in [0.717, 1.165) is 26.2 Å². The zero-order valence-corrected chi connectivity index (χ0v) is 12.7. The maximum absolute atomic E-state index is 12.1. The van der Waals surface area contributed by atoms with E-state index in [1.54, 1.807) is 4.90 Å². The van der Waals surface area contributed by atoms with Crippen molar-refractivity contribution in [3.8, 4) is 0 Å². The van der Waals surface area contributed by atoms with Gasteiger partial charge in [-0.05, 0) is 12.1 Å².